The molecule has 2 N–H and O–H groups in total. The standard InChI is InChI=1S/C21H20Cl2N4O2/c1-27(2)20-8-7-15(12-24-20)26-21(28)19(29-3)6-4-5-14-9-13-10-16(22)17(23)11-18(13)25-14/h4-12,25H,1-3H3,(H,26,28)/b5-4+,19-6-. The van der Waals surface area contributed by atoms with E-state index in [1.807, 2.05) is 37.2 Å². The second kappa shape index (κ2) is 9.03. The minimum absolute atomic E-state index is 0.167. The third-order valence-electron chi connectivity index (χ3n) is 4.11. The van der Waals surface area contributed by atoms with Crippen molar-refractivity contribution < 1.29 is 9.53 Å². The number of amides is 1. The zero-order chi connectivity index (χ0) is 21.0. The summed E-state index contributed by atoms with van der Waals surface area (Å²) in [5, 5.41) is 4.69. The fourth-order valence-electron chi connectivity index (χ4n) is 2.63. The van der Waals surface area contributed by atoms with Crippen molar-refractivity contribution in [2.75, 3.05) is 31.4 Å². The van der Waals surface area contributed by atoms with Crippen molar-refractivity contribution in [3.63, 3.8) is 0 Å². The predicted octanol–water partition coefficient (Wildman–Crippen LogP) is 5.12. The van der Waals surface area contributed by atoms with Gasteiger partial charge in [-0.25, -0.2) is 4.98 Å². The van der Waals surface area contributed by atoms with Gasteiger partial charge in [-0.2, -0.15) is 0 Å². The molecule has 2 aromatic heterocycles. The van der Waals surface area contributed by atoms with E-state index in [1.165, 1.54) is 7.11 Å². The molecular weight excluding hydrogens is 411 g/mol. The Balaban J connectivity index is 1.71. The number of allylic oxidation sites excluding steroid dienone is 2. The lowest BCUT2D eigenvalue weighted by Crippen LogP contribution is -2.16. The van der Waals surface area contributed by atoms with Gasteiger partial charge in [0.25, 0.3) is 5.91 Å². The molecule has 0 atom stereocenters. The zero-order valence-corrected chi connectivity index (χ0v) is 17.7. The second-order valence-corrected chi connectivity index (χ2v) is 7.24. The Hall–Kier alpha value is -2.96. The van der Waals surface area contributed by atoms with Crippen molar-refractivity contribution >= 4 is 57.6 Å². The lowest BCUT2D eigenvalue weighted by molar-refractivity contribution is -0.115. The smallest absolute Gasteiger partial charge is 0.290 e. The third kappa shape index (κ3) is 5.10. The van der Waals surface area contributed by atoms with Gasteiger partial charge in [0.2, 0.25) is 0 Å². The summed E-state index contributed by atoms with van der Waals surface area (Å²) in [6, 6.07) is 9.11. The number of H-pyrrole nitrogens is 1. The van der Waals surface area contributed by atoms with E-state index >= 15 is 0 Å². The van der Waals surface area contributed by atoms with E-state index in [0.29, 0.717) is 15.7 Å². The van der Waals surface area contributed by atoms with Crippen LogP contribution < -0.4 is 10.2 Å². The highest BCUT2D eigenvalue weighted by molar-refractivity contribution is 6.42. The summed E-state index contributed by atoms with van der Waals surface area (Å²) in [7, 11) is 5.24. The topological polar surface area (TPSA) is 70.2 Å². The van der Waals surface area contributed by atoms with Crippen molar-refractivity contribution in [1.29, 1.82) is 0 Å². The maximum atomic E-state index is 12.4. The zero-order valence-electron chi connectivity index (χ0n) is 16.2. The van der Waals surface area contributed by atoms with Gasteiger partial charge < -0.3 is 19.9 Å². The Bertz CT molecular complexity index is 1050. The molecule has 0 aliphatic heterocycles. The number of carbonyl (C=O) groups excluding carboxylic acids is 1. The van der Waals surface area contributed by atoms with Gasteiger partial charge in [-0.15, -0.1) is 0 Å². The summed E-state index contributed by atoms with van der Waals surface area (Å²) in [6.07, 6.45) is 6.72. The lowest BCUT2D eigenvalue weighted by atomic mass is 10.2. The number of rotatable bonds is 6. The number of aromatic amines is 1. The molecule has 1 amide bonds. The molecule has 1 aromatic carbocycles. The van der Waals surface area contributed by atoms with Crippen LogP contribution in [0.4, 0.5) is 11.5 Å². The first-order chi connectivity index (χ1) is 13.9. The van der Waals surface area contributed by atoms with E-state index in [2.05, 4.69) is 15.3 Å². The van der Waals surface area contributed by atoms with E-state index in [0.717, 1.165) is 22.4 Å². The Morgan fingerprint density at radius 2 is 1.97 bits per heavy atom. The first kappa shape index (κ1) is 20.8. The van der Waals surface area contributed by atoms with Gasteiger partial charge in [0.1, 0.15) is 5.82 Å². The molecule has 0 bridgehead atoms. The highest BCUT2D eigenvalue weighted by atomic mass is 35.5. The van der Waals surface area contributed by atoms with Gasteiger partial charge in [0.05, 0.1) is 29.0 Å². The summed E-state index contributed by atoms with van der Waals surface area (Å²) >= 11 is 12.1. The predicted molar refractivity (Wildman–Crippen MR) is 120 cm³/mol. The lowest BCUT2D eigenvalue weighted by Gasteiger charge is -2.12. The Labute approximate surface area is 178 Å². The quantitative estimate of drug-likeness (QED) is 0.323. The fourth-order valence-corrected chi connectivity index (χ4v) is 2.97. The van der Waals surface area contributed by atoms with Gasteiger partial charge >= 0.3 is 0 Å². The molecule has 0 aliphatic rings. The summed E-state index contributed by atoms with van der Waals surface area (Å²) < 4.78 is 5.20. The molecule has 3 rings (SSSR count). The number of methoxy groups -OCH3 is 1. The number of benzene rings is 1. The van der Waals surface area contributed by atoms with Crippen LogP contribution in [0.25, 0.3) is 17.0 Å². The van der Waals surface area contributed by atoms with Crippen molar-refractivity contribution in [1.82, 2.24) is 9.97 Å². The summed E-state index contributed by atoms with van der Waals surface area (Å²) in [4.78, 5) is 21.8. The maximum Gasteiger partial charge on any atom is 0.290 e. The molecule has 3 aromatic rings. The number of anilines is 2. The Morgan fingerprint density at radius 3 is 2.62 bits per heavy atom. The van der Waals surface area contributed by atoms with Crippen LogP contribution in [0.2, 0.25) is 10.0 Å². The van der Waals surface area contributed by atoms with Gasteiger partial charge in [-0.1, -0.05) is 29.3 Å². The molecule has 2 heterocycles. The minimum atomic E-state index is -0.369. The number of hydrogen-bond donors (Lipinski definition) is 2. The number of nitrogens with one attached hydrogen (secondary N) is 2. The van der Waals surface area contributed by atoms with Crippen molar-refractivity contribution in [2.24, 2.45) is 0 Å². The molecular formula is C21H20Cl2N4O2. The minimum Gasteiger partial charge on any atom is -0.491 e. The average Bonchev–Trinajstić information content (AvgIpc) is 3.07. The molecule has 8 heteroatoms. The number of ether oxygens (including phenoxy) is 1. The molecule has 0 saturated carbocycles. The van der Waals surface area contributed by atoms with Gasteiger partial charge in [-0.05, 0) is 42.5 Å². The van der Waals surface area contributed by atoms with Crippen LogP contribution in [-0.2, 0) is 9.53 Å². The Kier molecular flexibility index (Phi) is 6.46. The monoisotopic (exact) mass is 430 g/mol. The van der Waals surface area contributed by atoms with Crippen LogP contribution in [0.5, 0.6) is 0 Å². The van der Waals surface area contributed by atoms with Crippen molar-refractivity contribution in [2.45, 2.75) is 0 Å². The maximum absolute atomic E-state index is 12.4. The summed E-state index contributed by atoms with van der Waals surface area (Å²) in [5.74, 6) is 0.598. The molecule has 150 valence electrons. The van der Waals surface area contributed by atoms with Gasteiger partial charge in [-0.3, -0.25) is 4.79 Å². The fraction of sp³-hybridized carbons (Fsp3) is 0.143. The molecule has 0 spiro atoms. The number of nitrogens with zero attached hydrogens (tertiary/aromatic N) is 2. The molecule has 6 nitrogen and oxygen atoms in total. The van der Waals surface area contributed by atoms with Crippen LogP contribution in [0.15, 0.2) is 54.4 Å². The van der Waals surface area contributed by atoms with Crippen LogP contribution in [0, 0.1) is 0 Å². The number of aromatic nitrogens is 2. The molecule has 0 fully saturated rings. The van der Waals surface area contributed by atoms with Crippen LogP contribution in [0.1, 0.15) is 5.69 Å². The Morgan fingerprint density at radius 1 is 1.21 bits per heavy atom. The van der Waals surface area contributed by atoms with Crippen molar-refractivity contribution in [3.05, 3.63) is 70.2 Å². The first-order valence-electron chi connectivity index (χ1n) is 8.72. The molecule has 0 radical (unpaired) electrons. The average molecular weight is 431 g/mol. The van der Waals surface area contributed by atoms with Crippen LogP contribution in [0.3, 0.4) is 0 Å². The molecule has 29 heavy (non-hydrogen) atoms. The van der Waals surface area contributed by atoms with Gasteiger partial charge in [0, 0.05) is 30.7 Å². The normalized spacial score (nSPS) is 11.8. The van der Waals surface area contributed by atoms with E-state index in [9.17, 15) is 4.79 Å². The molecule has 0 unspecified atom stereocenters. The van der Waals surface area contributed by atoms with Gasteiger partial charge in [0.15, 0.2) is 5.76 Å². The van der Waals surface area contributed by atoms with E-state index in [-0.39, 0.29) is 11.7 Å². The summed E-state index contributed by atoms with van der Waals surface area (Å²) in [5.41, 5.74) is 2.30. The van der Waals surface area contributed by atoms with Crippen LogP contribution >= 0.6 is 23.2 Å². The number of fused-ring (bicyclic) bond motifs is 1. The molecule has 0 saturated heterocycles. The van der Waals surface area contributed by atoms with E-state index in [4.69, 9.17) is 27.9 Å². The number of halogens is 2. The highest BCUT2D eigenvalue weighted by Crippen LogP contribution is 2.28. The highest BCUT2D eigenvalue weighted by Gasteiger charge is 2.10. The number of pyridine rings is 1. The van der Waals surface area contributed by atoms with E-state index < -0.39 is 0 Å². The number of carbonyl (C=O) groups is 1. The first-order valence-corrected chi connectivity index (χ1v) is 9.48. The second-order valence-electron chi connectivity index (χ2n) is 6.43. The van der Waals surface area contributed by atoms with Crippen molar-refractivity contribution in [3.8, 4) is 0 Å². The molecule has 0 aliphatic carbocycles. The number of hydrogen-bond acceptors (Lipinski definition) is 4. The van der Waals surface area contributed by atoms with E-state index in [1.54, 1.807) is 36.5 Å². The third-order valence-corrected chi connectivity index (χ3v) is 4.84. The SMILES string of the molecule is CO/C(=C\C=C\c1cc2cc(Cl)c(Cl)cc2[nH]1)C(=O)Nc1ccc(N(C)C)nc1. The largest absolute Gasteiger partial charge is 0.491 e. The summed E-state index contributed by atoms with van der Waals surface area (Å²) in [6.45, 7) is 0. The van der Waals surface area contributed by atoms with Crippen LogP contribution in [-0.4, -0.2) is 37.1 Å².